The van der Waals surface area contributed by atoms with Crippen molar-refractivity contribution in [3.05, 3.63) is 29.6 Å². The van der Waals surface area contributed by atoms with E-state index in [0.717, 1.165) is 24.6 Å². The summed E-state index contributed by atoms with van der Waals surface area (Å²) in [7, 11) is -2.49. The van der Waals surface area contributed by atoms with E-state index in [0.29, 0.717) is 18.4 Å². The summed E-state index contributed by atoms with van der Waals surface area (Å²) in [5.41, 5.74) is -0.219. The molecule has 0 spiro atoms. The van der Waals surface area contributed by atoms with Crippen LogP contribution in [0, 0.1) is 17.7 Å². The summed E-state index contributed by atoms with van der Waals surface area (Å²) in [4.78, 5) is 13.3. The summed E-state index contributed by atoms with van der Waals surface area (Å²) < 4.78 is 36.2. The SMILES string of the molecule is CC1CC1CN(C)C(=O)c1cc(F)ccc1S(N)(=O)=O. The lowest BCUT2D eigenvalue weighted by molar-refractivity contribution is 0.0782. The van der Waals surface area contributed by atoms with E-state index < -0.39 is 21.7 Å². The van der Waals surface area contributed by atoms with Crippen molar-refractivity contribution < 1.29 is 17.6 Å². The summed E-state index contributed by atoms with van der Waals surface area (Å²) >= 11 is 0. The molecule has 1 aliphatic carbocycles. The monoisotopic (exact) mass is 300 g/mol. The third kappa shape index (κ3) is 3.16. The van der Waals surface area contributed by atoms with E-state index in [1.54, 1.807) is 7.05 Å². The second kappa shape index (κ2) is 5.14. The van der Waals surface area contributed by atoms with Gasteiger partial charge < -0.3 is 4.90 Å². The van der Waals surface area contributed by atoms with Crippen molar-refractivity contribution in [3.8, 4) is 0 Å². The molecule has 2 atom stereocenters. The minimum atomic E-state index is -4.07. The van der Waals surface area contributed by atoms with Crippen LogP contribution in [-0.2, 0) is 10.0 Å². The quantitative estimate of drug-likeness (QED) is 0.907. The number of benzene rings is 1. The van der Waals surface area contributed by atoms with E-state index in [1.165, 1.54) is 4.90 Å². The van der Waals surface area contributed by atoms with Gasteiger partial charge in [-0.3, -0.25) is 4.79 Å². The van der Waals surface area contributed by atoms with Crippen molar-refractivity contribution in [2.24, 2.45) is 17.0 Å². The molecule has 0 saturated heterocycles. The third-order valence-corrected chi connectivity index (χ3v) is 4.58. The molecule has 1 aromatic rings. The number of nitrogens with two attached hydrogens (primary N) is 1. The Morgan fingerprint density at radius 1 is 1.50 bits per heavy atom. The summed E-state index contributed by atoms with van der Waals surface area (Å²) in [6.45, 7) is 2.61. The molecule has 20 heavy (non-hydrogen) atoms. The van der Waals surface area contributed by atoms with Gasteiger partial charge in [-0.15, -0.1) is 0 Å². The van der Waals surface area contributed by atoms with Crippen molar-refractivity contribution in [2.75, 3.05) is 13.6 Å². The Bertz CT molecular complexity index is 645. The molecule has 2 rings (SSSR count). The number of halogens is 1. The maximum atomic E-state index is 13.3. The van der Waals surface area contributed by atoms with Gasteiger partial charge in [0.2, 0.25) is 10.0 Å². The van der Waals surface area contributed by atoms with Crippen LogP contribution < -0.4 is 5.14 Å². The van der Waals surface area contributed by atoms with Gasteiger partial charge in [0.1, 0.15) is 5.82 Å². The van der Waals surface area contributed by atoms with E-state index in [1.807, 2.05) is 0 Å². The van der Waals surface area contributed by atoms with Crippen molar-refractivity contribution in [1.29, 1.82) is 0 Å². The van der Waals surface area contributed by atoms with Gasteiger partial charge in [0.25, 0.3) is 5.91 Å². The highest BCUT2D eigenvalue weighted by Crippen LogP contribution is 2.38. The van der Waals surface area contributed by atoms with Gasteiger partial charge in [-0.25, -0.2) is 17.9 Å². The second-order valence-electron chi connectivity index (χ2n) is 5.34. The van der Waals surface area contributed by atoms with Crippen molar-refractivity contribution >= 4 is 15.9 Å². The summed E-state index contributed by atoms with van der Waals surface area (Å²) in [5.74, 6) is -0.215. The summed E-state index contributed by atoms with van der Waals surface area (Å²) in [6, 6.07) is 2.90. The molecule has 1 aliphatic rings. The van der Waals surface area contributed by atoms with Crippen LogP contribution in [0.15, 0.2) is 23.1 Å². The first kappa shape index (κ1) is 14.9. The zero-order chi connectivity index (χ0) is 15.1. The Balaban J connectivity index is 2.30. The molecule has 0 bridgehead atoms. The van der Waals surface area contributed by atoms with Gasteiger partial charge in [0.15, 0.2) is 0 Å². The number of sulfonamides is 1. The number of carbonyl (C=O) groups excluding carboxylic acids is 1. The topological polar surface area (TPSA) is 80.5 Å². The van der Waals surface area contributed by atoms with Crippen molar-refractivity contribution in [2.45, 2.75) is 18.2 Å². The van der Waals surface area contributed by atoms with Crippen LogP contribution >= 0.6 is 0 Å². The minimum absolute atomic E-state index is 0.219. The van der Waals surface area contributed by atoms with Crippen LogP contribution in [0.3, 0.4) is 0 Å². The fourth-order valence-corrected chi connectivity index (χ4v) is 2.92. The first-order valence-electron chi connectivity index (χ1n) is 6.28. The number of hydrogen-bond acceptors (Lipinski definition) is 3. The molecule has 0 aromatic heterocycles. The largest absolute Gasteiger partial charge is 0.341 e. The molecule has 1 fully saturated rings. The Labute approximate surface area is 117 Å². The highest BCUT2D eigenvalue weighted by molar-refractivity contribution is 7.89. The Morgan fingerprint density at radius 2 is 2.10 bits per heavy atom. The number of rotatable bonds is 4. The van der Waals surface area contributed by atoms with Gasteiger partial charge in [-0.1, -0.05) is 6.92 Å². The van der Waals surface area contributed by atoms with E-state index in [-0.39, 0.29) is 10.5 Å². The zero-order valence-corrected chi connectivity index (χ0v) is 12.2. The van der Waals surface area contributed by atoms with Crippen molar-refractivity contribution in [1.82, 2.24) is 4.90 Å². The van der Waals surface area contributed by atoms with E-state index in [4.69, 9.17) is 5.14 Å². The van der Waals surface area contributed by atoms with Gasteiger partial charge in [0, 0.05) is 13.6 Å². The number of hydrogen-bond donors (Lipinski definition) is 1. The number of primary sulfonamides is 1. The standard InChI is InChI=1S/C13H17FN2O3S/c1-8-5-9(8)7-16(2)13(17)11-6-10(14)3-4-12(11)20(15,18)19/h3-4,6,8-9H,5,7H2,1-2H3,(H2,15,18,19). The first-order valence-corrected chi connectivity index (χ1v) is 7.82. The van der Waals surface area contributed by atoms with E-state index in [9.17, 15) is 17.6 Å². The van der Waals surface area contributed by atoms with Crippen LogP contribution in [-0.4, -0.2) is 32.8 Å². The lowest BCUT2D eigenvalue weighted by Gasteiger charge is -2.18. The Kier molecular flexibility index (Phi) is 3.84. The van der Waals surface area contributed by atoms with Gasteiger partial charge in [-0.05, 0) is 36.5 Å². The average molecular weight is 300 g/mol. The lowest BCUT2D eigenvalue weighted by atomic mass is 10.2. The molecule has 0 radical (unpaired) electrons. The molecular formula is C13H17FN2O3S. The van der Waals surface area contributed by atoms with E-state index in [2.05, 4.69) is 6.92 Å². The molecule has 5 nitrogen and oxygen atoms in total. The number of amides is 1. The highest BCUT2D eigenvalue weighted by Gasteiger charge is 2.35. The maximum Gasteiger partial charge on any atom is 0.255 e. The minimum Gasteiger partial charge on any atom is -0.341 e. The predicted octanol–water partition coefficient (Wildman–Crippen LogP) is 1.20. The fourth-order valence-electron chi connectivity index (χ4n) is 2.21. The normalized spacial score (nSPS) is 21.6. The lowest BCUT2D eigenvalue weighted by Crippen LogP contribution is -2.31. The molecule has 1 saturated carbocycles. The van der Waals surface area contributed by atoms with Crippen LogP contribution in [0.25, 0.3) is 0 Å². The Morgan fingerprint density at radius 3 is 2.60 bits per heavy atom. The summed E-state index contributed by atoms with van der Waals surface area (Å²) in [6.07, 6.45) is 1.04. The summed E-state index contributed by atoms with van der Waals surface area (Å²) in [5, 5.41) is 5.06. The molecule has 110 valence electrons. The van der Waals surface area contributed by atoms with E-state index >= 15 is 0 Å². The van der Waals surface area contributed by atoms with Crippen LogP contribution in [0.1, 0.15) is 23.7 Å². The zero-order valence-electron chi connectivity index (χ0n) is 11.3. The predicted molar refractivity (Wildman–Crippen MR) is 72.0 cm³/mol. The molecule has 0 aliphatic heterocycles. The average Bonchev–Trinajstić information content (AvgIpc) is 3.02. The molecular weight excluding hydrogens is 283 g/mol. The number of carbonyl (C=O) groups is 1. The van der Waals surface area contributed by atoms with Gasteiger partial charge in [-0.2, -0.15) is 0 Å². The first-order chi connectivity index (χ1) is 9.20. The second-order valence-corrected chi connectivity index (χ2v) is 6.87. The van der Waals surface area contributed by atoms with Crippen LogP contribution in [0.4, 0.5) is 4.39 Å². The Hall–Kier alpha value is -1.47. The van der Waals surface area contributed by atoms with Crippen LogP contribution in [0.2, 0.25) is 0 Å². The van der Waals surface area contributed by atoms with Crippen LogP contribution in [0.5, 0.6) is 0 Å². The smallest absolute Gasteiger partial charge is 0.255 e. The molecule has 1 amide bonds. The van der Waals surface area contributed by atoms with Gasteiger partial charge in [0.05, 0.1) is 10.5 Å². The molecule has 1 aromatic carbocycles. The highest BCUT2D eigenvalue weighted by atomic mass is 32.2. The maximum absolute atomic E-state index is 13.3. The number of nitrogens with zero attached hydrogens (tertiary/aromatic N) is 1. The van der Waals surface area contributed by atoms with Gasteiger partial charge >= 0.3 is 0 Å². The third-order valence-electron chi connectivity index (χ3n) is 3.61. The van der Waals surface area contributed by atoms with Crippen molar-refractivity contribution in [3.63, 3.8) is 0 Å². The molecule has 0 heterocycles. The molecule has 2 unspecified atom stereocenters. The molecule has 7 heteroatoms. The molecule has 2 N–H and O–H groups in total. The fraction of sp³-hybridized carbons (Fsp3) is 0.462.